The van der Waals surface area contributed by atoms with E-state index in [9.17, 15) is 4.79 Å². The smallest absolute Gasteiger partial charge is 0.251 e. The van der Waals surface area contributed by atoms with Crippen molar-refractivity contribution in [1.82, 2.24) is 5.01 Å². The van der Waals surface area contributed by atoms with E-state index in [1.165, 1.54) is 0 Å². The largest absolute Gasteiger partial charge is 0.497 e. The molecule has 0 amide bonds. The summed E-state index contributed by atoms with van der Waals surface area (Å²) in [4.78, 5) is 13.4. The number of hydrogen-bond acceptors (Lipinski definition) is 5. The van der Waals surface area contributed by atoms with Gasteiger partial charge in [-0.15, -0.1) is 0 Å². The second kappa shape index (κ2) is 7.61. The molecular weight excluding hydrogens is 444 g/mol. The maximum Gasteiger partial charge on any atom is 0.251 e. The topological polar surface area (TPSA) is 51.1 Å². The molecule has 2 aliphatic heterocycles. The molecule has 2 heterocycles. The maximum absolute atomic E-state index is 13.4. The molecule has 2 aliphatic rings. The molecular formula is C24H19BrN2O3. The first-order valence-corrected chi connectivity index (χ1v) is 10.5. The molecule has 5 rings (SSSR count). The summed E-state index contributed by atoms with van der Waals surface area (Å²) in [6.07, 6.45) is -0.0970. The van der Waals surface area contributed by atoms with E-state index in [1.54, 1.807) is 31.4 Å². The van der Waals surface area contributed by atoms with Crippen LogP contribution in [0.2, 0.25) is 0 Å². The predicted molar refractivity (Wildman–Crippen MR) is 118 cm³/mol. The van der Waals surface area contributed by atoms with Crippen molar-refractivity contribution in [1.29, 1.82) is 0 Å². The molecule has 0 aliphatic carbocycles. The van der Waals surface area contributed by atoms with Crippen LogP contribution in [0.4, 0.5) is 0 Å². The lowest BCUT2D eigenvalue weighted by Crippen LogP contribution is -2.45. The van der Waals surface area contributed by atoms with Gasteiger partial charge in [-0.2, -0.15) is 5.10 Å². The van der Waals surface area contributed by atoms with Gasteiger partial charge in [0.15, 0.2) is 0 Å². The second-order valence-corrected chi connectivity index (χ2v) is 8.17. The molecule has 0 N–H and O–H groups in total. The lowest BCUT2D eigenvalue weighted by molar-refractivity contribution is -0.00455. The van der Waals surface area contributed by atoms with E-state index in [4.69, 9.17) is 14.6 Å². The minimum absolute atomic E-state index is 0.0409. The number of ketones is 1. The number of hydrogen-bond donors (Lipinski definition) is 0. The van der Waals surface area contributed by atoms with Crippen LogP contribution in [0, 0.1) is 0 Å². The number of fused-ring (bicyclic) bond motifs is 3. The standard InChI is InChI=1S/C24H19BrN2O3/c1-29-18-12-8-16(9-13-18)23(28)24-27-21(19-4-2-3-5-22(19)30-24)14-20(26-27)15-6-10-17(25)11-7-15/h2-13,21,24H,14H2,1H3/t21-,24+/m0/s1. The molecule has 2 atom stereocenters. The molecule has 0 bridgehead atoms. The molecule has 0 spiro atoms. The first-order chi connectivity index (χ1) is 14.6. The molecule has 5 nitrogen and oxygen atoms in total. The number of carbonyl (C=O) groups is 1. The Balaban J connectivity index is 1.53. The number of hydrazone groups is 1. The van der Waals surface area contributed by atoms with Gasteiger partial charge in [0.25, 0.3) is 6.23 Å². The molecule has 0 aromatic heterocycles. The van der Waals surface area contributed by atoms with Crippen molar-refractivity contribution in [3.05, 3.63) is 94.0 Å². The average molecular weight is 463 g/mol. The maximum atomic E-state index is 13.4. The van der Waals surface area contributed by atoms with Gasteiger partial charge >= 0.3 is 0 Å². The number of ether oxygens (including phenoxy) is 2. The first kappa shape index (κ1) is 18.9. The van der Waals surface area contributed by atoms with Crippen molar-refractivity contribution in [3.8, 4) is 11.5 Å². The third kappa shape index (κ3) is 3.27. The van der Waals surface area contributed by atoms with Crippen molar-refractivity contribution in [2.24, 2.45) is 5.10 Å². The SMILES string of the molecule is COc1ccc(C(=O)[C@H]2Oc3ccccc3[C@@H]3CC(c4ccc(Br)cc4)=NN23)cc1. The van der Waals surface area contributed by atoms with Crippen LogP contribution in [0.5, 0.6) is 11.5 Å². The number of para-hydroxylation sites is 1. The normalized spacial score (nSPS) is 19.4. The van der Waals surface area contributed by atoms with Gasteiger partial charge in [0.2, 0.25) is 5.78 Å². The summed E-state index contributed by atoms with van der Waals surface area (Å²) in [7, 11) is 1.60. The van der Waals surface area contributed by atoms with Gasteiger partial charge in [0.1, 0.15) is 11.5 Å². The summed E-state index contributed by atoms with van der Waals surface area (Å²) < 4.78 is 12.4. The Morgan fingerprint density at radius 2 is 1.80 bits per heavy atom. The number of Topliss-reactive ketones (excluding diaryl/α,β-unsaturated/α-hetero) is 1. The number of rotatable bonds is 4. The number of benzene rings is 3. The highest BCUT2D eigenvalue weighted by atomic mass is 79.9. The number of halogens is 1. The van der Waals surface area contributed by atoms with Crippen molar-refractivity contribution in [2.75, 3.05) is 7.11 Å². The molecule has 3 aromatic rings. The third-order valence-corrected chi connectivity index (χ3v) is 6.00. The quantitative estimate of drug-likeness (QED) is 0.499. The van der Waals surface area contributed by atoms with Crippen molar-refractivity contribution >= 4 is 27.4 Å². The van der Waals surface area contributed by atoms with Crippen LogP contribution in [0.15, 0.2) is 82.4 Å². The van der Waals surface area contributed by atoms with Crippen LogP contribution in [-0.2, 0) is 0 Å². The van der Waals surface area contributed by atoms with Crippen LogP contribution in [0.25, 0.3) is 0 Å². The van der Waals surface area contributed by atoms with Gasteiger partial charge in [0.05, 0.1) is 18.9 Å². The zero-order valence-electron chi connectivity index (χ0n) is 16.3. The summed E-state index contributed by atoms with van der Waals surface area (Å²) >= 11 is 3.48. The van der Waals surface area contributed by atoms with Crippen molar-refractivity contribution in [3.63, 3.8) is 0 Å². The Bertz CT molecular complexity index is 1130. The minimum Gasteiger partial charge on any atom is -0.497 e. The first-order valence-electron chi connectivity index (χ1n) is 9.69. The summed E-state index contributed by atoms with van der Waals surface area (Å²) in [5.41, 5.74) is 3.60. The van der Waals surface area contributed by atoms with E-state index in [1.807, 2.05) is 53.5 Å². The highest BCUT2D eigenvalue weighted by molar-refractivity contribution is 9.10. The molecule has 0 radical (unpaired) electrons. The monoisotopic (exact) mass is 462 g/mol. The highest BCUT2D eigenvalue weighted by Crippen LogP contribution is 2.43. The van der Waals surface area contributed by atoms with Crippen LogP contribution in [-0.4, -0.2) is 29.8 Å². The van der Waals surface area contributed by atoms with Gasteiger partial charge in [-0.05, 0) is 48.0 Å². The van der Waals surface area contributed by atoms with Crippen LogP contribution in [0.1, 0.15) is 33.9 Å². The number of carbonyl (C=O) groups excluding carboxylic acids is 1. The fourth-order valence-corrected chi connectivity index (χ4v) is 4.19. The fourth-order valence-electron chi connectivity index (χ4n) is 3.92. The lowest BCUT2D eigenvalue weighted by Gasteiger charge is -2.37. The van der Waals surface area contributed by atoms with Gasteiger partial charge in [-0.25, -0.2) is 5.01 Å². The van der Waals surface area contributed by atoms with E-state index in [-0.39, 0.29) is 11.8 Å². The minimum atomic E-state index is -0.814. The summed E-state index contributed by atoms with van der Waals surface area (Å²) in [6, 6.07) is 23.0. The number of methoxy groups -OCH3 is 1. The average Bonchev–Trinajstić information content (AvgIpc) is 3.24. The Morgan fingerprint density at radius 3 is 2.53 bits per heavy atom. The van der Waals surface area contributed by atoms with E-state index in [0.717, 1.165) is 27.1 Å². The van der Waals surface area contributed by atoms with Crippen LogP contribution >= 0.6 is 15.9 Å². The molecule has 6 heteroatoms. The van der Waals surface area contributed by atoms with E-state index in [2.05, 4.69) is 15.9 Å². The molecule has 30 heavy (non-hydrogen) atoms. The Hall–Kier alpha value is -3.12. The van der Waals surface area contributed by atoms with Crippen LogP contribution < -0.4 is 9.47 Å². The molecule has 3 aromatic carbocycles. The Morgan fingerprint density at radius 1 is 1.07 bits per heavy atom. The van der Waals surface area contributed by atoms with Gasteiger partial charge in [0, 0.05) is 22.0 Å². The zero-order chi connectivity index (χ0) is 20.7. The van der Waals surface area contributed by atoms with E-state index < -0.39 is 6.23 Å². The second-order valence-electron chi connectivity index (χ2n) is 7.25. The van der Waals surface area contributed by atoms with Crippen LogP contribution in [0.3, 0.4) is 0 Å². The number of nitrogens with zero attached hydrogens (tertiary/aromatic N) is 2. The van der Waals surface area contributed by atoms with E-state index in [0.29, 0.717) is 17.7 Å². The van der Waals surface area contributed by atoms with Crippen molar-refractivity contribution in [2.45, 2.75) is 18.7 Å². The van der Waals surface area contributed by atoms with Crippen molar-refractivity contribution < 1.29 is 14.3 Å². The predicted octanol–water partition coefficient (Wildman–Crippen LogP) is 5.21. The Kier molecular flexibility index (Phi) is 4.79. The zero-order valence-corrected chi connectivity index (χ0v) is 17.9. The fraction of sp³-hybridized carbons (Fsp3) is 0.167. The van der Waals surface area contributed by atoms with Gasteiger partial charge < -0.3 is 9.47 Å². The van der Waals surface area contributed by atoms with Gasteiger partial charge in [-0.3, -0.25) is 4.79 Å². The Labute approximate surface area is 183 Å². The van der Waals surface area contributed by atoms with E-state index >= 15 is 0 Å². The highest BCUT2D eigenvalue weighted by Gasteiger charge is 2.43. The molecule has 0 saturated heterocycles. The molecule has 0 fully saturated rings. The summed E-state index contributed by atoms with van der Waals surface area (Å²) in [5, 5.41) is 6.65. The summed E-state index contributed by atoms with van der Waals surface area (Å²) in [6.45, 7) is 0. The van der Waals surface area contributed by atoms with Gasteiger partial charge in [-0.1, -0.05) is 46.3 Å². The molecule has 0 unspecified atom stereocenters. The molecule has 0 saturated carbocycles. The lowest BCUT2D eigenvalue weighted by atomic mass is 9.96. The summed E-state index contributed by atoms with van der Waals surface area (Å²) in [5.74, 6) is 1.31. The molecule has 150 valence electrons. The third-order valence-electron chi connectivity index (χ3n) is 5.48.